The van der Waals surface area contributed by atoms with Crippen LogP contribution in [0.3, 0.4) is 0 Å². The molecule has 1 aromatic heterocycles. The molecule has 1 amide bonds. The van der Waals surface area contributed by atoms with Crippen LogP contribution in [0.4, 0.5) is 0 Å². The zero-order valence-corrected chi connectivity index (χ0v) is 20.7. The smallest absolute Gasteiger partial charge is 0.289 e. The third-order valence-corrected chi connectivity index (χ3v) is 7.24. The van der Waals surface area contributed by atoms with Gasteiger partial charge in [0.2, 0.25) is 0 Å². The Bertz CT molecular complexity index is 1190. The van der Waals surface area contributed by atoms with Gasteiger partial charge in [-0.15, -0.1) is 0 Å². The number of likely N-dealkylation sites (tertiary alicyclic amines) is 1. The molecular formula is C28H34N2O5. The fourth-order valence-electron chi connectivity index (χ4n) is 5.38. The van der Waals surface area contributed by atoms with Gasteiger partial charge in [0, 0.05) is 43.7 Å². The van der Waals surface area contributed by atoms with Crippen LogP contribution < -0.4 is 4.74 Å². The summed E-state index contributed by atoms with van der Waals surface area (Å²) in [7, 11) is 1.70. The van der Waals surface area contributed by atoms with Gasteiger partial charge in [0.1, 0.15) is 11.3 Å². The summed E-state index contributed by atoms with van der Waals surface area (Å²) in [5, 5.41) is 12.3. The fourth-order valence-corrected chi connectivity index (χ4v) is 5.38. The second-order valence-electron chi connectivity index (χ2n) is 9.95. The lowest BCUT2D eigenvalue weighted by atomic mass is 9.84. The average Bonchev–Trinajstić information content (AvgIpc) is 3.28. The molecule has 2 atom stereocenters. The van der Waals surface area contributed by atoms with Crippen LogP contribution >= 0.6 is 0 Å². The number of amides is 1. The number of furan rings is 1. The molecule has 7 heteroatoms. The molecule has 186 valence electrons. The lowest BCUT2D eigenvalue weighted by molar-refractivity contribution is -0.0591. The first-order valence-corrected chi connectivity index (χ1v) is 12.4. The number of rotatable bonds is 5. The first-order chi connectivity index (χ1) is 16.8. The second kappa shape index (κ2) is 9.64. The summed E-state index contributed by atoms with van der Waals surface area (Å²) in [6.07, 6.45) is 1.28. The SMILES string of the molecule is COc1ccccc1CN1CCC(O)(c2ccc3oc(C(=O)N4C[C@@H](C)O[C@@H](C)C4)cc3c2)CC1. The molecule has 3 aromatic rings. The van der Waals surface area contributed by atoms with E-state index >= 15 is 0 Å². The van der Waals surface area contributed by atoms with Crippen LogP contribution in [-0.2, 0) is 16.9 Å². The minimum absolute atomic E-state index is 0.00164. The number of methoxy groups -OCH3 is 1. The zero-order chi connectivity index (χ0) is 24.6. The average molecular weight is 479 g/mol. The zero-order valence-electron chi connectivity index (χ0n) is 20.7. The highest BCUT2D eigenvalue weighted by atomic mass is 16.5. The Morgan fingerprint density at radius 1 is 1.09 bits per heavy atom. The monoisotopic (exact) mass is 478 g/mol. The molecule has 0 radical (unpaired) electrons. The quantitative estimate of drug-likeness (QED) is 0.593. The lowest BCUT2D eigenvalue weighted by Gasteiger charge is -2.38. The van der Waals surface area contributed by atoms with Crippen molar-refractivity contribution >= 4 is 16.9 Å². The Hall–Kier alpha value is -2.87. The normalized spacial score (nSPS) is 22.9. The maximum atomic E-state index is 13.1. The van der Waals surface area contributed by atoms with Crippen LogP contribution in [0, 0.1) is 0 Å². The molecule has 2 aromatic carbocycles. The Morgan fingerprint density at radius 3 is 2.51 bits per heavy atom. The predicted molar refractivity (Wildman–Crippen MR) is 134 cm³/mol. The Kier molecular flexibility index (Phi) is 6.57. The van der Waals surface area contributed by atoms with Gasteiger partial charge in [-0.3, -0.25) is 9.69 Å². The molecule has 35 heavy (non-hydrogen) atoms. The molecular weight excluding hydrogens is 444 g/mol. The molecule has 2 fully saturated rings. The standard InChI is InChI=1S/C28H34N2O5/c1-19-16-30(17-20(2)34-19)27(31)26-15-22-14-23(8-9-25(22)35-26)28(32)10-12-29(13-11-28)18-21-6-4-5-7-24(21)33-3/h4-9,14-15,19-20,32H,10-13,16-18H2,1-3H3/t19-,20+. The van der Waals surface area contributed by atoms with Crippen molar-refractivity contribution in [3.8, 4) is 5.75 Å². The van der Waals surface area contributed by atoms with Crippen LogP contribution in [-0.4, -0.2) is 66.3 Å². The van der Waals surface area contributed by atoms with E-state index in [1.54, 1.807) is 18.1 Å². The van der Waals surface area contributed by atoms with E-state index in [9.17, 15) is 9.90 Å². The van der Waals surface area contributed by atoms with Gasteiger partial charge in [0.15, 0.2) is 5.76 Å². The molecule has 0 aliphatic carbocycles. The topological polar surface area (TPSA) is 75.4 Å². The van der Waals surface area contributed by atoms with Gasteiger partial charge in [-0.1, -0.05) is 24.3 Å². The van der Waals surface area contributed by atoms with E-state index < -0.39 is 5.60 Å². The van der Waals surface area contributed by atoms with Gasteiger partial charge in [-0.2, -0.15) is 0 Å². The Labute approximate surface area is 206 Å². The number of hydrogen-bond acceptors (Lipinski definition) is 6. The van der Waals surface area contributed by atoms with Crippen LogP contribution in [0.1, 0.15) is 48.4 Å². The van der Waals surface area contributed by atoms with E-state index in [1.807, 2.05) is 50.2 Å². The first-order valence-electron chi connectivity index (χ1n) is 12.4. The summed E-state index contributed by atoms with van der Waals surface area (Å²) >= 11 is 0. The molecule has 2 aliphatic heterocycles. The number of fused-ring (bicyclic) bond motifs is 1. The van der Waals surface area contributed by atoms with Crippen molar-refractivity contribution in [1.29, 1.82) is 0 Å². The molecule has 7 nitrogen and oxygen atoms in total. The number of aliphatic hydroxyl groups is 1. The maximum absolute atomic E-state index is 13.1. The minimum Gasteiger partial charge on any atom is -0.496 e. The van der Waals surface area contributed by atoms with Gasteiger partial charge in [-0.05, 0) is 56.5 Å². The number of piperidine rings is 1. The number of ether oxygens (including phenoxy) is 2. The maximum Gasteiger partial charge on any atom is 0.289 e. The van der Waals surface area contributed by atoms with E-state index in [2.05, 4.69) is 11.0 Å². The van der Waals surface area contributed by atoms with Crippen LogP contribution in [0.5, 0.6) is 5.75 Å². The van der Waals surface area contributed by atoms with Gasteiger partial charge in [0.05, 0.1) is 24.9 Å². The molecule has 2 aliphatic rings. The summed E-state index contributed by atoms with van der Waals surface area (Å²) in [5.74, 6) is 1.11. The number of hydrogen-bond donors (Lipinski definition) is 1. The van der Waals surface area contributed by atoms with Crippen molar-refractivity contribution in [2.75, 3.05) is 33.3 Å². The summed E-state index contributed by atoms with van der Waals surface area (Å²) < 4.78 is 17.1. The summed E-state index contributed by atoms with van der Waals surface area (Å²) in [4.78, 5) is 17.2. The number of carbonyl (C=O) groups excluding carboxylic acids is 1. The Morgan fingerprint density at radius 2 is 1.80 bits per heavy atom. The van der Waals surface area contributed by atoms with Crippen molar-refractivity contribution in [2.45, 2.75) is 51.0 Å². The van der Waals surface area contributed by atoms with Crippen LogP contribution in [0.2, 0.25) is 0 Å². The highest BCUT2D eigenvalue weighted by molar-refractivity contribution is 5.96. The van der Waals surface area contributed by atoms with Crippen LogP contribution in [0.25, 0.3) is 11.0 Å². The third-order valence-electron chi connectivity index (χ3n) is 7.24. The van der Waals surface area contributed by atoms with Gasteiger partial charge in [-0.25, -0.2) is 0 Å². The number of carbonyl (C=O) groups is 1. The molecule has 2 saturated heterocycles. The van der Waals surface area contributed by atoms with Gasteiger partial charge >= 0.3 is 0 Å². The summed E-state index contributed by atoms with van der Waals surface area (Å²) in [6, 6.07) is 15.6. The van der Waals surface area contributed by atoms with Crippen molar-refractivity contribution in [3.05, 3.63) is 65.4 Å². The van der Waals surface area contributed by atoms with E-state index in [4.69, 9.17) is 13.9 Å². The molecule has 0 bridgehead atoms. The molecule has 0 saturated carbocycles. The van der Waals surface area contributed by atoms with Gasteiger partial charge < -0.3 is 23.9 Å². The van der Waals surface area contributed by atoms with E-state index in [0.717, 1.165) is 41.9 Å². The highest BCUT2D eigenvalue weighted by Gasteiger charge is 2.35. The van der Waals surface area contributed by atoms with Crippen molar-refractivity contribution in [1.82, 2.24) is 9.80 Å². The first kappa shape index (κ1) is 23.9. The van der Waals surface area contributed by atoms with Crippen molar-refractivity contribution < 1.29 is 23.8 Å². The number of para-hydroxylation sites is 1. The minimum atomic E-state index is -0.901. The molecule has 0 spiro atoms. The van der Waals surface area contributed by atoms with E-state index in [0.29, 0.717) is 37.3 Å². The predicted octanol–water partition coefficient (Wildman–Crippen LogP) is 4.17. The molecule has 0 unspecified atom stereocenters. The highest BCUT2D eigenvalue weighted by Crippen LogP contribution is 2.36. The molecule has 3 heterocycles. The summed E-state index contributed by atoms with van der Waals surface area (Å²) in [6.45, 7) is 7.43. The fraction of sp³-hybridized carbons (Fsp3) is 0.464. The number of nitrogens with zero attached hydrogens (tertiary/aromatic N) is 2. The largest absolute Gasteiger partial charge is 0.496 e. The van der Waals surface area contributed by atoms with E-state index in [-0.39, 0.29) is 18.1 Å². The summed E-state index contributed by atoms with van der Waals surface area (Å²) in [5.41, 5.74) is 1.78. The van der Waals surface area contributed by atoms with Crippen LogP contribution in [0.15, 0.2) is 52.9 Å². The second-order valence-corrected chi connectivity index (χ2v) is 9.95. The molecule has 1 N–H and O–H groups in total. The Balaban J connectivity index is 1.28. The third kappa shape index (κ3) is 4.94. The van der Waals surface area contributed by atoms with Crippen molar-refractivity contribution in [3.63, 3.8) is 0 Å². The van der Waals surface area contributed by atoms with Gasteiger partial charge in [0.25, 0.3) is 5.91 Å². The molecule has 5 rings (SSSR count). The number of benzene rings is 2. The number of morpholine rings is 1. The van der Waals surface area contributed by atoms with E-state index in [1.165, 1.54) is 0 Å². The lowest BCUT2D eigenvalue weighted by Crippen LogP contribution is -2.48. The van der Waals surface area contributed by atoms with Crippen molar-refractivity contribution in [2.24, 2.45) is 0 Å².